The normalized spacial score (nSPS) is 13.2. The highest BCUT2D eigenvalue weighted by molar-refractivity contribution is 7.89. The minimum absolute atomic E-state index is 0.00684. The number of para-hydroxylation sites is 1. The summed E-state index contributed by atoms with van der Waals surface area (Å²) in [7, 11) is -4.07. The van der Waals surface area contributed by atoms with Crippen molar-refractivity contribution in [2.45, 2.75) is 11.4 Å². The number of carbonyl (C=O) groups excluding carboxylic acids is 1. The SMILES string of the molecule is O=C(CN(Cc1ccccc1)S(=O)(=O)c1ccc2c(c1)OCCO2)N/N=C\c1ccccc1O. The second-order valence-corrected chi connectivity index (χ2v) is 9.35. The molecule has 1 aliphatic heterocycles. The van der Waals surface area contributed by atoms with Crippen LogP contribution in [-0.4, -0.2) is 49.7 Å². The summed E-state index contributed by atoms with van der Waals surface area (Å²) in [6, 6.07) is 19.8. The third-order valence-electron chi connectivity index (χ3n) is 5.00. The lowest BCUT2D eigenvalue weighted by atomic mass is 10.2. The van der Waals surface area contributed by atoms with Gasteiger partial charge in [-0.05, 0) is 29.8 Å². The van der Waals surface area contributed by atoms with E-state index in [0.717, 1.165) is 4.31 Å². The van der Waals surface area contributed by atoms with Crippen molar-refractivity contribution in [1.82, 2.24) is 9.73 Å². The second-order valence-electron chi connectivity index (χ2n) is 7.42. The number of hydrogen-bond acceptors (Lipinski definition) is 7. The lowest BCUT2D eigenvalue weighted by molar-refractivity contribution is -0.121. The Kier molecular flexibility index (Phi) is 7.09. The van der Waals surface area contributed by atoms with Gasteiger partial charge in [0.2, 0.25) is 10.0 Å². The number of amides is 1. The fourth-order valence-corrected chi connectivity index (χ4v) is 4.71. The van der Waals surface area contributed by atoms with Gasteiger partial charge in [0, 0.05) is 18.2 Å². The molecule has 3 aromatic carbocycles. The van der Waals surface area contributed by atoms with E-state index in [9.17, 15) is 18.3 Å². The number of phenols is 1. The summed E-state index contributed by atoms with van der Waals surface area (Å²) in [5.41, 5.74) is 3.44. The number of ether oxygens (including phenoxy) is 2. The Balaban J connectivity index is 1.55. The highest BCUT2D eigenvalue weighted by atomic mass is 32.2. The van der Waals surface area contributed by atoms with Crippen LogP contribution < -0.4 is 14.9 Å². The van der Waals surface area contributed by atoms with E-state index >= 15 is 0 Å². The van der Waals surface area contributed by atoms with Crippen molar-refractivity contribution in [3.63, 3.8) is 0 Å². The Morgan fingerprint density at radius 3 is 2.47 bits per heavy atom. The van der Waals surface area contributed by atoms with Gasteiger partial charge in [-0.25, -0.2) is 13.8 Å². The number of benzene rings is 3. The highest BCUT2D eigenvalue weighted by Gasteiger charge is 2.28. The smallest absolute Gasteiger partial charge is 0.255 e. The standard InChI is InChI=1S/C24H23N3O6S/c28-21-9-5-4-8-19(21)15-25-26-24(29)17-27(16-18-6-2-1-3-7-18)34(30,31)20-10-11-22-23(14-20)33-13-12-32-22/h1-11,14-15,28H,12-13,16-17H2,(H,26,29)/b25-15-. The van der Waals surface area contributed by atoms with E-state index in [1.807, 2.05) is 6.07 Å². The topological polar surface area (TPSA) is 118 Å². The average molecular weight is 482 g/mol. The summed E-state index contributed by atoms with van der Waals surface area (Å²) in [5, 5.41) is 13.6. The van der Waals surface area contributed by atoms with Crippen molar-refractivity contribution in [1.29, 1.82) is 0 Å². The molecule has 0 spiro atoms. The molecule has 0 fully saturated rings. The van der Waals surface area contributed by atoms with E-state index in [1.54, 1.807) is 48.5 Å². The van der Waals surface area contributed by atoms with Gasteiger partial charge in [0.05, 0.1) is 17.7 Å². The van der Waals surface area contributed by atoms with Gasteiger partial charge in [0.25, 0.3) is 5.91 Å². The maximum Gasteiger partial charge on any atom is 0.255 e. The van der Waals surface area contributed by atoms with E-state index in [4.69, 9.17) is 9.47 Å². The first-order valence-electron chi connectivity index (χ1n) is 10.5. The largest absolute Gasteiger partial charge is 0.507 e. The van der Waals surface area contributed by atoms with Crippen molar-refractivity contribution < 1.29 is 27.8 Å². The van der Waals surface area contributed by atoms with Gasteiger partial charge in [0.15, 0.2) is 11.5 Å². The molecule has 1 amide bonds. The van der Waals surface area contributed by atoms with E-state index in [-0.39, 0.29) is 17.2 Å². The lowest BCUT2D eigenvalue weighted by Crippen LogP contribution is -2.39. The molecule has 10 heteroatoms. The van der Waals surface area contributed by atoms with E-state index in [0.29, 0.717) is 35.8 Å². The van der Waals surface area contributed by atoms with Crippen LogP contribution in [-0.2, 0) is 21.4 Å². The molecule has 0 aliphatic carbocycles. The second kappa shape index (κ2) is 10.4. The molecule has 1 heterocycles. The van der Waals surface area contributed by atoms with Crippen LogP contribution in [0.1, 0.15) is 11.1 Å². The molecule has 0 atom stereocenters. The molecule has 176 valence electrons. The van der Waals surface area contributed by atoms with Crippen molar-refractivity contribution in [3.05, 3.63) is 83.9 Å². The zero-order chi connectivity index (χ0) is 24.0. The quantitative estimate of drug-likeness (QED) is 0.377. The van der Waals surface area contributed by atoms with E-state index in [1.165, 1.54) is 24.4 Å². The van der Waals surface area contributed by atoms with E-state index < -0.39 is 22.5 Å². The molecule has 0 saturated heterocycles. The fraction of sp³-hybridized carbons (Fsp3) is 0.167. The number of nitrogens with zero attached hydrogens (tertiary/aromatic N) is 2. The number of sulfonamides is 1. The average Bonchev–Trinajstić information content (AvgIpc) is 2.85. The van der Waals surface area contributed by atoms with Crippen LogP contribution in [0.25, 0.3) is 0 Å². The van der Waals surface area contributed by atoms with Gasteiger partial charge in [-0.3, -0.25) is 4.79 Å². The van der Waals surface area contributed by atoms with Crippen LogP contribution >= 0.6 is 0 Å². The summed E-state index contributed by atoms with van der Waals surface area (Å²) >= 11 is 0. The zero-order valence-electron chi connectivity index (χ0n) is 18.1. The molecule has 0 radical (unpaired) electrons. The molecule has 4 rings (SSSR count). The lowest BCUT2D eigenvalue weighted by Gasteiger charge is -2.23. The predicted octanol–water partition coefficient (Wildman–Crippen LogP) is 2.50. The molecule has 1 aliphatic rings. The minimum Gasteiger partial charge on any atom is -0.507 e. The number of rotatable bonds is 8. The fourth-order valence-electron chi connectivity index (χ4n) is 3.31. The monoisotopic (exact) mass is 481 g/mol. The number of nitrogens with one attached hydrogen (secondary N) is 1. The number of aromatic hydroxyl groups is 1. The number of fused-ring (bicyclic) bond motifs is 1. The molecular weight excluding hydrogens is 458 g/mol. The molecule has 0 aromatic heterocycles. The molecule has 0 unspecified atom stereocenters. The number of carbonyl (C=O) groups is 1. The Labute approximate surface area is 197 Å². The van der Waals surface area contributed by atoms with Crippen LogP contribution in [0.5, 0.6) is 17.2 Å². The summed E-state index contributed by atoms with van der Waals surface area (Å²) in [4.78, 5) is 12.6. The molecule has 2 N–H and O–H groups in total. The first-order chi connectivity index (χ1) is 16.4. The predicted molar refractivity (Wildman–Crippen MR) is 125 cm³/mol. The Bertz CT molecular complexity index is 1300. The minimum atomic E-state index is -4.07. The van der Waals surface area contributed by atoms with Crippen molar-refractivity contribution >= 4 is 22.1 Å². The zero-order valence-corrected chi connectivity index (χ0v) is 18.9. The van der Waals surface area contributed by atoms with Crippen molar-refractivity contribution in [2.24, 2.45) is 5.10 Å². The molecule has 34 heavy (non-hydrogen) atoms. The molecule has 3 aromatic rings. The summed E-state index contributed by atoms with van der Waals surface area (Å²) in [6.45, 7) is 0.223. The van der Waals surface area contributed by atoms with Crippen LogP contribution in [0.15, 0.2) is 82.8 Å². The van der Waals surface area contributed by atoms with Crippen LogP contribution in [0, 0.1) is 0 Å². The number of hydrogen-bond donors (Lipinski definition) is 2. The maximum atomic E-state index is 13.5. The number of hydrazone groups is 1. The maximum absolute atomic E-state index is 13.5. The van der Waals surface area contributed by atoms with Crippen LogP contribution in [0.4, 0.5) is 0 Å². The Hall–Kier alpha value is -3.89. The van der Waals surface area contributed by atoms with Gasteiger partial charge in [-0.15, -0.1) is 0 Å². The van der Waals surface area contributed by atoms with Gasteiger partial charge >= 0.3 is 0 Å². The molecule has 0 saturated carbocycles. The van der Waals surface area contributed by atoms with Gasteiger partial charge in [0.1, 0.15) is 19.0 Å². The highest BCUT2D eigenvalue weighted by Crippen LogP contribution is 2.33. The van der Waals surface area contributed by atoms with Crippen LogP contribution in [0.3, 0.4) is 0 Å². The molecule has 0 bridgehead atoms. The van der Waals surface area contributed by atoms with E-state index in [2.05, 4.69) is 10.5 Å². The Morgan fingerprint density at radius 2 is 1.71 bits per heavy atom. The van der Waals surface area contributed by atoms with Gasteiger partial charge in [-0.2, -0.15) is 9.41 Å². The van der Waals surface area contributed by atoms with Gasteiger partial charge in [-0.1, -0.05) is 42.5 Å². The first kappa shape index (κ1) is 23.3. The first-order valence-corrected chi connectivity index (χ1v) is 11.9. The molecular formula is C24H23N3O6S. The third-order valence-corrected chi connectivity index (χ3v) is 6.79. The third kappa shape index (κ3) is 5.53. The molecule has 9 nitrogen and oxygen atoms in total. The van der Waals surface area contributed by atoms with Crippen molar-refractivity contribution in [3.8, 4) is 17.2 Å². The Morgan fingerprint density at radius 1 is 1.00 bits per heavy atom. The summed E-state index contributed by atoms with van der Waals surface area (Å²) < 4.78 is 39.0. The van der Waals surface area contributed by atoms with Crippen LogP contribution in [0.2, 0.25) is 0 Å². The summed E-state index contributed by atoms with van der Waals surface area (Å²) in [5.74, 6) is 0.177. The van der Waals surface area contributed by atoms with Gasteiger partial charge < -0.3 is 14.6 Å². The van der Waals surface area contributed by atoms with Crippen molar-refractivity contribution in [2.75, 3.05) is 19.8 Å². The number of phenolic OH excluding ortho intramolecular Hbond substituents is 1. The summed E-state index contributed by atoms with van der Waals surface area (Å²) in [6.07, 6.45) is 1.28.